The molecular weight excluding hydrogens is 250 g/mol. The lowest BCUT2D eigenvalue weighted by molar-refractivity contribution is 0.412. The molecule has 0 aliphatic carbocycles. The first-order valence-corrected chi connectivity index (χ1v) is 7.25. The average molecular weight is 271 g/mol. The molecule has 0 spiro atoms. The maximum Gasteiger partial charge on any atom is 0.332 e. The quantitative estimate of drug-likeness (QED) is 0.910. The van der Waals surface area contributed by atoms with Crippen LogP contribution in [0, 0.1) is 6.92 Å². The van der Waals surface area contributed by atoms with Crippen LogP contribution in [0.5, 0.6) is 0 Å². The minimum atomic E-state index is 0.0104. The molecule has 20 heavy (non-hydrogen) atoms. The largest absolute Gasteiger partial charge is 0.332 e. The van der Waals surface area contributed by atoms with Gasteiger partial charge < -0.3 is 9.88 Å². The Morgan fingerprint density at radius 2 is 2.15 bits per heavy atom. The molecule has 1 unspecified atom stereocenters. The highest BCUT2D eigenvalue weighted by atomic mass is 16.1. The van der Waals surface area contributed by atoms with E-state index in [4.69, 9.17) is 0 Å². The van der Waals surface area contributed by atoms with E-state index in [9.17, 15) is 4.79 Å². The second-order valence-corrected chi connectivity index (χ2v) is 5.60. The van der Waals surface area contributed by atoms with Crippen molar-refractivity contribution in [3.8, 4) is 5.69 Å². The predicted molar refractivity (Wildman–Crippen MR) is 80.3 cm³/mol. The topological polar surface area (TPSA) is 39.0 Å². The summed E-state index contributed by atoms with van der Waals surface area (Å²) >= 11 is 0. The van der Waals surface area contributed by atoms with Crippen molar-refractivity contribution >= 4 is 0 Å². The SMILES string of the molecule is Cc1cn(C)c(=O)n1-c1cccc(C2CCCCN2)c1. The van der Waals surface area contributed by atoms with Crippen LogP contribution in [-0.2, 0) is 7.05 Å². The van der Waals surface area contributed by atoms with Gasteiger partial charge in [0.1, 0.15) is 0 Å². The third kappa shape index (κ3) is 2.31. The number of imidazole rings is 1. The van der Waals surface area contributed by atoms with Crippen molar-refractivity contribution in [1.82, 2.24) is 14.5 Å². The maximum atomic E-state index is 12.2. The number of aryl methyl sites for hydroxylation is 2. The van der Waals surface area contributed by atoms with Gasteiger partial charge in [0.05, 0.1) is 5.69 Å². The first-order chi connectivity index (χ1) is 9.66. The van der Waals surface area contributed by atoms with Crippen LogP contribution < -0.4 is 11.0 Å². The number of nitrogens with zero attached hydrogens (tertiary/aromatic N) is 2. The summed E-state index contributed by atoms with van der Waals surface area (Å²) in [5, 5.41) is 3.56. The van der Waals surface area contributed by atoms with Gasteiger partial charge in [-0.05, 0) is 44.0 Å². The summed E-state index contributed by atoms with van der Waals surface area (Å²) in [4.78, 5) is 12.2. The Kier molecular flexibility index (Phi) is 3.49. The summed E-state index contributed by atoms with van der Waals surface area (Å²) in [7, 11) is 1.79. The number of piperidine rings is 1. The molecule has 0 saturated carbocycles. The number of rotatable bonds is 2. The highest BCUT2D eigenvalue weighted by molar-refractivity contribution is 5.38. The second-order valence-electron chi connectivity index (χ2n) is 5.60. The molecule has 1 fully saturated rings. The summed E-state index contributed by atoms with van der Waals surface area (Å²) in [5.41, 5.74) is 3.21. The first-order valence-electron chi connectivity index (χ1n) is 7.25. The van der Waals surface area contributed by atoms with Crippen molar-refractivity contribution in [1.29, 1.82) is 0 Å². The normalized spacial score (nSPS) is 19.2. The predicted octanol–water partition coefficient (Wildman–Crippen LogP) is 2.30. The average Bonchev–Trinajstić information content (AvgIpc) is 2.73. The summed E-state index contributed by atoms with van der Waals surface area (Å²) in [5.74, 6) is 0. The van der Waals surface area contributed by atoms with Crippen LogP contribution in [0.2, 0.25) is 0 Å². The molecule has 1 aliphatic rings. The van der Waals surface area contributed by atoms with Gasteiger partial charge in [-0.2, -0.15) is 0 Å². The Labute approximate surface area is 119 Å². The van der Waals surface area contributed by atoms with Crippen LogP contribution in [0.4, 0.5) is 0 Å². The Morgan fingerprint density at radius 1 is 1.30 bits per heavy atom. The second kappa shape index (κ2) is 5.29. The molecule has 106 valence electrons. The van der Waals surface area contributed by atoms with E-state index in [2.05, 4.69) is 17.4 Å². The molecule has 0 radical (unpaired) electrons. The number of hydrogen-bond acceptors (Lipinski definition) is 2. The molecule has 1 saturated heterocycles. The smallest absolute Gasteiger partial charge is 0.310 e. The van der Waals surface area contributed by atoms with Crippen molar-refractivity contribution in [3.05, 3.63) is 52.2 Å². The maximum absolute atomic E-state index is 12.2. The molecule has 1 aromatic heterocycles. The van der Waals surface area contributed by atoms with Crippen molar-refractivity contribution in [2.24, 2.45) is 7.05 Å². The van der Waals surface area contributed by atoms with E-state index in [0.29, 0.717) is 6.04 Å². The number of benzene rings is 1. The molecule has 1 aromatic carbocycles. The molecule has 4 heteroatoms. The van der Waals surface area contributed by atoms with Gasteiger partial charge in [-0.15, -0.1) is 0 Å². The van der Waals surface area contributed by atoms with Gasteiger partial charge in [-0.25, -0.2) is 4.79 Å². The van der Waals surface area contributed by atoms with E-state index in [1.807, 2.05) is 25.3 Å². The van der Waals surface area contributed by atoms with E-state index >= 15 is 0 Å². The fourth-order valence-corrected chi connectivity index (χ4v) is 3.03. The lowest BCUT2D eigenvalue weighted by Gasteiger charge is -2.24. The third-order valence-corrected chi connectivity index (χ3v) is 4.07. The minimum Gasteiger partial charge on any atom is -0.310 e. The Morgan fingerprint density at radius 3 is 2.80 bits per heavy atom. The van der Waals surface area contributed by atoms with E-state index < -0.39 is 0 Å². The molecule has 0 bridgehead atoms. The monoisotopic (exact) mass is 271 g/mol. The summed E-state index contributed by atoms with van der Waals surface area (Å²) in [6, 6.07) is 8.75. The fourth-order valence-electron chi connectivity index (χ4n) is 3.03. The van der Waals surface area contributed by atoms with Crippen molar-refractivity contribution in [2.45, 2.75) is 32.2 Å². The highest BCUT2D eigenvalue weighted by Gasteiger charge is 2.16. The van der Waals surface area contributed by atoms with Gasteiger partial charge in [0.15, 0.2) is 0 Å². The van der Waals surface area contributed by atoms with Crippen LogP contribution in [0.25, 0.3) is 5.69 Å². The molecular formula is C16H21N3O. The first kappa shape index (κ1) is 13.2. The van der Waals surface area contributed by atoms with Gasteiger partial charge in [0.25, 0.3) is 0 Å². The van der Waals surface area contributed by atoms with Crippen LogP contribution in [0.3, 0.4) is 0 Å². The van der Waals surface area contributed by atoms with Gasteiger partial charge >= 0.3 is 5.69 Å². The molecule has 0 amide bonds. The molecule has 1 N–H and O–H groups in total. The standard InChI is InChI=1S/C16H21N3O/c1-12-11-18(2)16(20)19(12)14-7-5-6-13(10-14)15-8-3-4-9-17-15/h5-7,10-11,15,17H,3-4,8-9H2,1-2H3. The number of nitrogens with one attached hydrogen (secondary N) is 1. The van der Waals surface area contributed by atoms with Crippen LogP contribution in [0.1, 0.15) is 36.6 Å². The lowest BCUT2D eigenvalue weighted by atomic mass is 9.97. The van der Waals surface area contributed by atoms with E-state index in [0.717, 1.165) is 17.9 Å². The van der Waals surface area contributed by atoms with Gasteiger partial charge in [-0.1, -0.05) is 18.6 Å². The molecule has 1 aliphatic heterocycles. The van der Waals surface area contributed by atoms with Crippen molar-refractivity contribution in [2.75, 3.05) is 6.54 Å². The van der Waals surface area contributed by atoms with Crippen LogP contribution in [-0.4, -0.2) is 15.7 Å². The zero-order valence-corrected chi connectivity index (χ0v) is 12.1. The van der Waals surface area contributed by atoms with E-state index in [1.54, 1.807) is 16.2 Å². The van der Waals surface area contributed by atoms with Gasteiger partial charge in [0, 0.05) is 25.0 Å². The van der Waals surface area contributed by atoms with E-state index in [1.165, 1.54) is 24.8 Å². The van der Waals surface area contributed by atoms with Crippen molar-refractivity contribution in [3.63, 3.8) is 0 Å². The van der Waals surface area contributed by atoms with Gasteiger partial charge in [0.2, 0.25) is 0 Å². The van der Waals surface area contributed by atoms with Crippen molar-refractivity contribution < 1.29 is 0 Å². The van der Waals surface area contributed by atoms with E-state index in [-0.39, 0.29) is 5.69 Å². The highest BCUT2D eigenvalue weighted by Crippen LogP contribution is 2.24. The lowest BCUT2D eigenvalue weighted by Crippen LogP contribution is -2.27. The number of aromatic nitrogens is 2. The fraction of sp³-hybridized carbons (Fsp3) is 0.438. The molecule has 2 aromatic rings. The zero-order chi connectivity index (χ0) is 14.1. The number of hydrogen-bond donors (Lipinski definition) is 1. The zero-order valence-electron chi connectivity index (χ0n) is 12.1. The summed E-state index contributed by atoms with van der Waals surface area (Å²) < 4.78 is 3.40. The molecule has 4 nitrogen and oxygen atoms in total. The third-order valence-electron chi connectivity index (χ3n) is 4.07. The van der Waals surface area contributed by atoms with Gasteiger partial charge in [-0.3, -0.25) is 4.57 Å². The molecule has 3 rings (SSSR count). The Balaban J connectivity index is 2.00. The summed E-state index contributed by atoms with van der Waals surface area (Å²) in [6.07, 6.45) is 5.57. The van der Waals surface area contributed by atoms with Crippen LogP contribution in [0.15, 0.2) is 35.3 Å². The summed E-state index contributed by atoms with van der Waals surface area (Å²) in [6.45, 7) is 3.05. The van der Waals surface area contributed by atoms with Crippen LogP contribution >= 0.6 is 0 Å². The molecule has 2 heterocycles. The Bertz CT molecular complexity index is 663. The minimum absolute atomic E-state index is 0.0104. The Hall–Kier alpha value is -1.81. The molecule has 1 atom stereocenters.